The molecule has 1 amide bonds. The number of hydrogen-bond donors (Lipinski definition) is 2. The Morgan fingerprint density at radius 1 is 1.08 bits per heavy atom. The number of nitrogens with zero attached hydrogens (tertiary/aromatic N) is 1. The average molecular weight is 535 g/mol. The molecule has 3 aromatic rings. The van der Waals surface area contributed by atoms with E-state index in [1.807, 2.05) is 44.2 Å². The Labute approximate surface area is 227 Å². The van der Waals surface area contributed by atoms with Crippen LogP contribution in [0.4, 0.5) is 0 Å². The van der Waals surface area contributed by atoms with Gasteiger partial charge < -0.3 is 29.2 Å². The molecule has 0 fully saturated rings. The monoisotopic (exact) mass is 534 g/mol. The molecule has 0 saturated heterocycles. The van der Waals surface area contributed by atoms with Gasteiger partial charge in [0.1, 0.15) is 12.1 Å². The Morgan fingerprint density at radius 2 is 1.82 bits per heavy atom. The fraction of sp³-hybridized carbons (Fsp3) is 0.367. The molecule has 3 atom stereocenters. The van der Waals surface area contributed by atoms with Crippen molar-refractivity contribution in [1.82, 2.24) is 9.88 Å². The lowest BCUT2D eigenvalue weighted by Gasteiger charge is -2.25. The normalized spacial score (nSPS) is 14.4. The van der Waals surface area contributed by atoms with Gasteiger partial charge in [0.2, 0.25) is 12.7 Å². The number of unbranched alkanes of at least 4 members (excludes halogenated alkanes) is 1. The summed E-state index contributed by atoms with van der Waals surface area (Å²) < 4.78 is 18.0. The number of amides is 1. The van der Waals surface area contributed by atoms with Crippen LogP contribution in [0.1, 0.15) is 73.0 Å². The van der Waals surface area contributed by atoms with Crippen molar-refractivity contribution in [3.05, 3.63) is 93.4 Å². The highest BCUT2D eigenvalue weighted by atomic mass is 16.7. The molecule has 9 heteroatoms. The average Bonchev–Trinajstić information content (AvgIpc) is 3.39. The number of aryl methyl sites for hydroxylation is 1. The van der Waals surface area contributed by atoms with Crippen molar-refractivity contribution in [1.29, 1.82) is 0 Å². The quantitative estimate of drug-likeness (QED) is 0.346. The maximum atomic E-state index is 13.8. The molecule has 2 aromatic carbocycles. The smallest absolute Gasteiger partial charge is 0.305 e. The van der Waals surface area contributed by atoms with Gasteiger partial charge in [0.05, 0.1) is 18.0 Å². The maximum Gasteiger partial charge on any atom is 0.305 e. The lowest BCUT2D eigenvalue weighted by atomic mass is 9.99. The molecule has 1 aromatic heterocycles. The number of aliphatic carboxylic acids is 1. The third kappa shape index (κ3) is 6.49. The van der Waals surface area contributed by atoms with E-state index in [4.69, 9.17) is 14.2 Å². The van der Waals surface area contributed by atoms with Gasteiger partial charge in [-0.25, -0.2) is 0 Å². The number of nitrogens with one attached hydrogen (secondary N) is 1. The van der Waals surface area contributed by atoms with Gasteiger partial charge >= 0.3 is 5.97 Å². The van der Waals surface area contributed by atoms with Crippen LogP contribution < -0.4 is 20.3 Å². The van der Waals surface area contributed by atoms with Crippen molar-refractivity contribution < 1.29 is 28.9 Å². The van der Waals surface area contributed by atoms with Crippen molar-refractivity contribution in [2.24, 2.45) is 0 Å². The molecule has 39 heavy (non-hydrogen) atoms. The minimum atomic E-state index is -1.07. The second-order valence-corrected chi connectivity index (χ2v) is 9.64. The van der Waals surface area contributed by atoms with Crippen LogP contribution in [0, 0.1) is 6.92 Å². The predicted molar refractivity (Wildman–Crippen MR) is 145 cm³/mol. The molecular weight excluding hydrogens is 500 g/mol. The molecule has 0 saturated carbocycles. The third-order valence-electron chi connectivity index (χ3n) is 6.79. The summed E-state index contributed by atoms with van der Waals surface area (Å²) >= 11 is 0. The fourth-order valence-corrected chi connectivity index (χ4v) is 4.88. The van der Waals surface area contributed by atoms with Crippen LogP contribution in [0.2, 0.25) is 0 Å². The third-order valence-corrected chi connectivity index (χ3v) is 6.79. The van der Waals surface area contributed by atoms with Crippen LogP contribution in [0.25, 0.3) is 0 Å². The van der Waals surface area contributed by atoms with E-state index in [0.717, 1.165) is 17.5 Å². The molecule has 9 nitrogen and oxygen atoms in total. The van der Waals surface area contributed by atoms with Crippen LogP contribution in [0.5, 0.6) is 11.5 Å². The van der Waals surface area contributed by atoms with Gasteiger partial charge in [0.15, 0.2) is 11.5 Å². The van der Waals surface area contributed by atoms with E-state index in [0.29, 0.717) is 35.5 Å². The topological polar surface area (TPSA) is 116 Å². The van der Waals surface area contributed by atoms with Crippen molar-refractivity contribution in [2.45, 2.75) is 57.7 Å². The summed E-state index contributed by atoms with van der Waals surface area (Å²) in [5.41, 5.74) is 2.30. The molecule has 2 heterocycles. The summed E-state index contributed by atoms with van der Waals surface area (Å²) in [6.07, 6.45) is 2.68. The number of aromatic nitrogens is 1. The zero-order valence-corrected chi connectivity index (χ0v) is 22.4. The summed E-state index contributed by atoms with van der Waals surface area (Å²) in [6.45, 7) is 3.96. The molecule has 0 aliphatic carbocycles. The fourth-order valence-electron chi connectivity index (χ4n) is 4.88. The Morgan fingerprint density at radius 3 is 2.51 bits per heavy atom. The largest absolute Gasteiger partial charge is 0.481 e. The van der Waals surface area contributed by atoms with Crippen LogP contribution in [-0.2, 0) is 14.3 Å². The first-order chi connectivity index (χ1) is 18.8. The first kappa shape index (κ1) is 27.9. The SMILES string of the molecule is CCCC[C@H](C(=O)N[C@@H](CC(=O)O)c1ccc2c(c1)OCO2)n1cc(C)cc([C@@H](OC)c2ccccc2)c1=O. The molecule has 2 N–H and O–H groups in total. The Hall–Kier alpha value is -4.11. The number of ether oxygens (including phenoxy) is 3. The van der Waals surface area contributed by atoms with Crippen molar-refractivity contribution in [3.8, 4) is 11.5 Å². The summed E-state index contributed by atoms with van der Waals surface area (Å²) in [5, 5.41) is 12.5. The van der Waals surface area contributed by atoms with Gasteiger partial charge in [0, 0.05) is 13.3 Å². The highest BCUT2D eigenvalue weighted by Gasteiger charge is 2.29. The number of carboxylic acid groups (broad SMARTS) is 1. The number of pyridine rings is 1. The summed E-state index contributed by atoms with van der Waals surface area (Å²) in [7, 11) is 1.55. The van der Waals surface area contributed by atoms with Crippen molar-refractivity contribution in [3.63, 3.8) is 0 Å². The number of carbonyl (C=O) groups is 2. The second-order valence-electron chi connectivity index (χ2n) is 9.64. The van der Waals surface area contributed by atoms with Crippen molar-refractivity contribution >= 4 is 11.9 Å². The lowest BCUT2D eigenvalue weighted by molar-refractivity contribution is -0.138. The molecule has 1 aliphatic rings. The molecule has 1 aliphatic heterocycles. The molecule has 0 radical (unpaired) electrons. The van der Waals surface area contributed by atoms with Gasteiger partial charge in [-0.3, -0.25) is 14.4 Å². The number of fused-ring (bicyclic) bond motifs is 1. The van der Waals surface area contributed by atoms with Crippen LogP contribution >= 0.6 is 0 Å². The minimum absolute atomic E-state index is 0.0812. The molecule has 0 spiro atoms. The summed E-state index contributed by atoms with van der Waals surface area (Å²) in [6, 6.07) is 14.6. The second kappa shape index (κ2) is 12.6. The highest BCUT2D eigenvalue weighted by molar-refractivity contribution is 5.81. The lowest BCUT2D eigenvalue weighted by Crippen LogP contribution is -2.40. The number of methoxy groups -OCH3 is 1. The first-order valence-corrected chi connectivity index (χ1v) is 13.0. The van der Waals surface area contributed by atoms with Gasteiger partial charge in [-0.2, -0.15) is 0 Å². The zero-order chi connectivity index (χ0) is 27.9. The summed E-state index contributed by atoms with van der Waals surface area (Å²) in [4.78, 5) is 39.3. The molecule has 4 rings (SSSR count). The van der Waals surface area contributed by atoms with E-state index in [1.54, 1.807) is 37.6 Å². The zero-order valence-electron chi connectivity index (χ0n) is 22.4. The van der Waals surface area contributed by atoms with E-state index in [2.05, 4.69) is 5.32 Å². The van der Waals surface area contributed by atoms with Crippen LogP contribution in [0.15, 0.2) is 65.6 Å². The van der Waals surface area contributed by atoms with Crippen molar-refractivity contribution in [2.75, 3.05) is 13.9 Å². The number of carbonyl (C=O) groups excluding carboxylic acids is 1. The van der Waals surface area contributed by atoms with E-state index >= 15 is 0 Å². The predicted octanol–water partition coefficient (Wildman–Crippen LogP) is 4.68. The van der Waals surface area contributed by atoms with Gasteiger partial charge in [0.25, 0.3) is 5.56 Å². The van der Waals surface area contributed by atoms with E-state index < -0.39 is 30.1 Å². The van der Waals surface area contributed by atoms with Gasteiger partial charge in [-0.15, -0.1) is 0 Å². The molecule has 0 bridgehead atoms. The number of hydrogen-bond acceptors (Lipinski definition) is 6. The highest BCUT2D eigenvalue weighted by Crippen LogP contribution is 2.35. The Kier molecular flexibility index (Phi) is 9.03. The molecule has 206 valence electrons. The van der Waals surface area contributed by atoms with E-state index in [9.17, 15) is 19.5 Å². The number of rotatable bonds is 12. The van der Waals surface area contributed by atoms with E-state index in [1.165, 1.54) is 4.57 Å². The number of benzene rings is 2. The maximum absolute atomic E-state index is 13.8. The summed E-state index contributed by atoms with van der Waals surface area (Å²) in [5.74, 6) is -0.445. The Bertz CT molecular complexity index is 1370. The minimum Gasteiger partial charge on any atom is -0.481 e. The molecular formula is C30H34N2O7. The molecule has 0 unspecified atom stereocenters. The number of carboxylic acids is 1. The van der Waals surface area contributed by atoms with Gasteiger partial charge in [-0.05, 0) is 48.2 Å². The van der Waals surface area contributed by atoms with Gasteiger partial charge in [-0.1, -0.05) is 56.2 Å². The van der Waals surface area contributed by atoms with E-state index in [-0.39, 0.29) is 18.8 Å². The van der Waals surface area contributed by atoms with Crippen LogP contribution in [0.3, 0.4) is 0 Å². The first-order valence-electron chi connectivity index (χ1n) is 13.0. The Balaban J connectivity index is 1.70. The standard InChI is InChI=1S/C30H34N2O7/c1-4-5-11-24(29(35)31-23(16-27(33)34)21-12-13-25-26(15-21)39-18-38-25)32-17-19(2)14-22(30(32)36)28(37-3)20-9-7-6-8-10-20/h6-10,12-15,17,23-24,28H,4-5,11,16,18H2,1-3H3,(H,31,35)(H,33,34)/t23-,24+,28-/m0/s1. The van der Waals surface area contributed by atoms with Crippen LogP contribution in [-0.4, -0.2) is 35.5 Å².